The van der Waals surface area contributed by atoms with Gasteiger partial charge < -0.3 is 43.1 Å². The summed E-state index contributed by atoms with van der Waals surface area (Å²) in [7, 11) is 3.23. The zero-order valence-corrected chi connectivity index (χ0v) is 47.8. The third kappa shape index (κ3) is 12.4. The second-order valence-electron chi connectivity index (χ2n) is 22.2. The molecule has 16 heteroatoms. The number of carbonyl (C=O) groups excluding carboxylic acids is 5. The number of carbonyl (C=O) groups is 5. The summed E-state index contributed by atoms with van der Waals surface area (Å²) in [5.74, 6) is 1.18. The Labute approximate surface area is 474 Å². The Hall–Kier alpha value is -6.72. The summed E-state index contributed by atoms with van der Waals surface area (Å²) in [5, 5.41) is -0.592. The number of ketones is 1. The summed E-state index contributed by atoms with van der Waals surface area (Å²) in [4.78, 5) is 75.3. The van der Waals surface area contributed by atoms with Gasteiger partial charge in [-0.25, -0.2) is 0 Å². The Morgan fingerprint density at radius 2 is 1.25 bits per heavy atom. The molecule has 0 bridgehead atoms. The quantitative estimate of drug-likeness (QED) is 0.0403. The summed E-state index contributed by atoms with van der Waals surface area (Å²) in [6, 6.07) is 30.6. The molecule has 5 aromatic carbocycles. The standard InChI is InChI=1S/C64H74N4O11S/c1-7-51(69)20-21-66-60(70)37-59(63(66)73)80-64(3,4)40-65(22-23-76-26-27-77-25-24-74-5)50-30-42(38-78-56-34-44-16-18-48-32-46-12-8-10-14-54(46)67(48)61(71)52(44)28-41(56)2)29-43(31-50)39-79-58-35-45-17-19-49-33-47-13-9-11-15-55(47)68(49)62(72)53(45)36-57(58)75-6/h8-15,28-31,34-36,48-49,59H,7,16-27,32-33,37-40H2,1-6H3/t48-,49-,59?/m1/s1. The number of hydrogen-bond donors (Lipinski definition) is 0. The Kier molecular flexibility index (Phi) is 17.6. The molecule has 0 radical (unpaired) electrons. The molecule has 1 saturated heterocycles. The van der Waals surface area contributed by atoms with Crippen molar-refractivity contribution in [1.82, 2.24) is 4.90 Å². The highest BCUT2D eigenvalue weighted by atomic mass is 32.2. The van der Waals surface area contributed by atoms with Gasteiger partial charge in [0.25, 0.3) is 11.8 Å². The van der Waals surface area contributed by atoms with Gasteiger partial charge in [0.15, 0.2) is 11.5 Å². The molecule has 0 spiro atoms. The predicted octanol–water partition coefficient (Wildman–Crippen LogP) is 9.69. The van der Waals surface area contributed by atoms with Crippen molar-refractivity contribution in [1.29, 1.82) is 0 Å². The number of Topliss-reactive ketones (excluding diaryl/α,β-unsaturated/α-hetero) is 1. The van der Waals surface area contributed by atoms with Crippen molar-refractivity contribution in [2.45, 2.75) is 121 Å². The number of thioether (sulfide) groups is 1. The zero-order chi connectivity index (χ0) is 56.1. The average molecular weight is 1110 g/mol. The fraction of sp³-hybridized carbons (Fsp3) is 0.453. The van der Waals surface area contributed by atoms with Crippen molar-refractivity contribution in [3.05, 3.63) is 141 Å². The zero-order valence-electron chi connectivity index (χ0n) is 47.0. The Balaban J connectivity index is 0.938. The lowest BCUT2D eigenvalue weighted by atomic mass is 9.98. The number of imide groups is 1. The SMILES string of the molecule is CCC(=O)CCN1C(=O)CC(SC(C)(C)CN(CCOCCOCCOC)c2cc(COc3cc4c(cc3C)C(=O)N3c5ccccc5C[C@H]3CC4)cc(COc3cc4c(cc3OC)C(=O)N3c5ccccc5C[C@H]3CC4)c2)C1=O. The number of ether oxygens (including phenoxy) is 6. The minimum Gasteiger partial charge on any atom is -0.493 e. The van der Waals surface area contributed by atoms with Crippen LogP contribution in [0.2, 0.25) is 0 Å². The summed E-state index contributed by atoms with van der Waals surface area (Å²) < 4.78 is 35.9. The highest BCUT2D eigenvalue weighted by Gasteiger charge is 2.43. The van der Waals surface area contributed by atoms with Gasteiger partial charge in [-0.2, -0.15) is 0 Å². The molecule has 5 heterocycles. The van der Waals surface area contributed by atoms with E-state index in [0.29, 0.717) is 87.3 Å². The second kappa shape index (κ2) is 25.0. The number of anilines is 3. The molecule has 0 aromatic heterocycles. The molecule has 5 aromatic rings. The number of methoxy groups -OCH3 is 2. The van der Waals surface area contributed by atoms with Gasteiger partial charge in [-0.15, -0.1) is 11.8 Å². The van der Waals surface area contributed by atoms with Crippen LogP contribution in [0.15, 0.2) is 91.0 Å². The molecule has 80 heavy (non-hydrogen) atoms. The van der Waals surface area contributed by atoms with E-state index in [1.54, 1.807) is 21.1 Å². The topological polar surface area (TPSA) is 154 Å². The van der Waals surface area contributed by atoms with Gasteiger partial charge in [0, 0.05) is 91.0 Å². The molecule has 0 saturated carbocycles. The van der Waals surface area contributed by atoms with Crippen LogP contribution >= 0.6 is 11.8 Å². The number of likely N-dealkylation sites (tertiary alicyclic amines) is 1. The molecule has 5 aliphatic heterocycles. The number of aryl methyl sites for hydroxylation is 3. The molecular weight excluding hydrogens is 1030 g/mol. The van der Waals surface area contributed by atoms with E-state index >= 15 is 0 Å². The van der Waals surface area contributed by atoms with Gasteiger partial charge in [0.05, 0.1) is 45.4 Å². The fourth-order valence-electron chi connectivity index (χ4n) is 12.0. The van der Waals surface area contributed by atoms with Gasteiger partial charge in [0.2, 0.25) is 11.8 Å². The van der Waals surface area contributed by atoms with E-state index in [1.807, 2.05) is 77.4 Å². The monoisotopic (exact) mass is 1110 g/mol. The minimum absolute atomic E-state index is 0.0105. The number of fused-ring (bicyclic) bond motifs is 8. The maximum absolute atomic E-state index is 14.3. The smallest absolute Gasteiger partial charge is 0.258 e. The Morgan fingerprint density at radius 1 is 0.675 bits per heavy atom. The molecule has 1 unspecified atom stereocenters. The predicted molar refractivity (Wildman–Crippen MR) is 310 cm³/mol. The highest BCUT2D eigenvalue weighted by molar-refractivity contribution is 8.02. The molecule has 422 valence electrons. The number of benzene rings is 5. The van der Waals surface area contributed by atoms with Crippen molar-refractivity contribution in [3.63, 3.8) is 0 Å². The van der Waals surface area contributed by atoms with Gasteiger partial charge in [-0.1, -0.05) is 43.3 Å². The van der Waals surface area contributed by atoms with E-state index in [-0.39, 0.29) is 74.1 Å². The molecule has 4 amide bonds. The third-order valence-electron chi connectivity index (χ3n) is 16.1. The molecular formula is C64H74N4O11S. The molecule has 10 rings (SSSR count). The van der Waals surface area contributed by atoms with Crippen LogP contribution in [0.4, 0.5) is 17.1 Å². The van der Waals surface area contributed by atoms with E-state index in [0.717, 1.165) is 77.0 Å². The minimum atomic E-state index is -0.592. The van der Waals surface area contributed by atoms with Gasteiger partial charge in [-0.3, -0.25) is 28.9 Å². The Morgan fingerprint density at radius 3 is 1.86 bits per heavy atom. The molecule has 15 nitrogen and oxygen atoms in total. The van der Waals surface area contributed by atoms with Crippen molar-refractivity contribution in [2.24, 2.45) is 0 Å². The van der Waals surface area contributed by atoms with Gasteiger partial charge in [-0.05, 0) is 153 Å². The fourth-order valence-corrected chi connectivity index (χ4v) is 13.5. The van der Waals surface area contributed by atoms with Crippen LogP contribution in [0.25, 0.3) is 0 Å². The summed E-state index contributed by atoms with van der Waals surface area (Å²) >= 11 is 1.47. The van der Waals surface area contributed by atoms with Crippen molar-refractivity contribution >= 4 is 58.2 Å². The highest BCUT2D eigenvalue weighted by Crippen LogP contribution is 2.43. The van der Waals surface area contributed by atoms with E-state index in [9.17, 15) is 24.0 Å². The first-order valence-corrected chi connectivity index (χ1v) is 29.1. The molecule has 3 atom stereocenters. The van der Waals surface area contributed by atoms with Crippen molar-refractivity contribution in [3.8, 4) is 17.2 Å². The van der Waals surface area contributed by atoms with Crippen LogP contribution in [-0.4, -0.2) is 123 Å². The number of para-hydroxylation sites is 2. The van der Waals surface area contributed by atoms with E-state index in [4.69, 9.17) is 28.4 Å². The molecule has 5 aliphatic rings. The van der Waals surface area contributed by atoms with Crippen LogP contribution in [0.3, 0.4) is 0 Å². The number of rotatable bonds is 25. The van der Waals surface area contributed by atoms with Crippen LogP contribution in [0.5, 0.6) is 17.2 Å². The lowest BCUT2D eigenvalue weighted by Gasteiger charge is -2.35. The van der Waals surface area contributed by atoms with Crippen molar-refractivity contribution in [2.75, 3.05) is 81.6 Å². The molecule has 1 fully saturated rings. The van der Waals surface area contributed by atoms with E-state index in [1.165, 1.54) is 27.8 Å². The largest absolute Gasteiger partial charge is 0.493 e. The van der Waals surface area contributed by atoms with Gasteiger partial charge >= 0.3 is 0 Å². The van der Waals surface area contributed by atoms with Crippen LogP contribution < -0.4 is 28.9 Å². The van der Waals surface area contributed by atoms with E-state index in [2.05, 4.69) is 49.1 Å². The number of hydrogen-bond acceptors (Lipinski definition) is 13. The first kappa shape index (κ1) is 56.6. The van der Waals surface area contributed by atoms with Crippen LogP contribution in [0, 0.1) is 6.92 Å². The average Bonchev–Trinajstić information content (AvgIpc) is 4.10. The summed E-state index contributed by atoms with van der Waals surface area (Å²) in [5.41, 5.74) is 11.0. The first-order valence-electron chi connectivity index (χ1n) is 28.2. The Bertz CT molecular complexity index is 3140. The molecule has 0 N–H and O–H groups in total. The third-order valence-corrected chi connectivity index (χ3v) is 17.5. The number of nitrogens with zero attached hydrogens (tertiary/aromatic N) is 4. The summed E-state index contributed by atoms with van der Waals surface area (Å²) in [6.07, 6.45) is 5.36. The maximum atomic E-state index is 14.3. The van der Waals surface area contributed by atoms with Crippen LogP contribution in [0.1, 0.15) is 113 Å². The van der Waals surface area contributed by atoms with Gasteiger partial charge in [0.1, 0.15) is 24.7 Å². The maximum Gasteiger partial charge on any atom is 0.258 e. The van der Waals surface area contributed by atoms with E-state index < -0.39 is 10.00 Å². The normalized spacial score (nSPS) is 18.3. The molecule has 0 aliphatic carbocycles. The van der Waals surface area contributed by atoms with Crippen molar-refractivity contribution < 1.29 is 52.4 Å². The lowest BCUT2D eigenvalue weighted by molar-refractivity contribution is -0.138. The first-order chi connectivity index (χ1) is 38.7. The summed E-state index contributed by atoms with van der Waals surface area (Å²) in [6.45, 7) is 11.5. The van der Waals surface area contributed by atoms with Crippen LogP contribution in [-0.2, 0) is 67.5 Å². The second-order valence-corrected chi connectivity index (χ2v) is 24.1. The number of amides is 4. The lowest BCUT2D eigenvalue weighted by Crippen LogP contribution is -2.41.